The molecule has 0 unspecified atom stereocenters. The molecule has 0 atom stereocenters. The summed E-state index contributed by atoms with van der Waals surface area (Å²) in [6, 6.07) is 15.4. The number of ether oxygens (including phenoxy) is 1. The van der Waals surface area contributed by atoms with Gasteiger partial charge in [0.15, 0.2) is 0 Å². The van der Waals surface area contributed by atoms with E-state index in [1.807, 2.05) is 65.5 Å². The highest BCUT2D eigenvalue weighted by Gasteiger charge is 2.19. The number of anilines is 2. The summed E-state index contributed by atoms with van der Waals surface area (Å²) >= 11 is 1.55. The van der Waals surface area contributed by atoms with Gasteiger partial charge in [-0.1, -0.05) is 31.2 Å². The monoisotopic (exact) mass is 636 g/mol. The third kappa shape index (κ3) is 6.63. The van der Waals surface area contributed by atoms with Crippen molar-refractivity contribution in [3.8, 4) is 16.9 Å². The number of pyridine rings is 1. The molecular formula is C36H40N6O3S. The van der Waals surface area contributed by atoms with E-state index in [0.29, 0.717) is 29.5 Å². The van der Waals surface area contributed by atoms with Gasteiger partial charge < -0.3 is 30.6 Å². The first-order chi connectivity index (χ1) is 22.3. The molecule has 9 nitrogen and oxygen atoms in total. The molecule has 0 bridgehead atoms. The normalized spacial score (nSPS) is 14.3. The molecule has 2 aromatic carbocycles. The molecule has 10 heteroatoms. The number of para-hydroxylation sites is 1. The van der Waals surface area contributed by atoms with Gasteiger partial charge in [0.1, 0.15) is 17.3 Å². The number of thiophene rings is 1. The zero-order chi connectivity index (χ0) is 32.2. The third-order valence-electron chi connectivity index (χ3n) is 8.84. The SMILES string of the molecule is COc1cc(-c2csc3c(C=CC(=O)NCCCN4CCC(C)CC4)cnc(N)c23)ccc1NC(=O)c1cc2ccccc2n1C. The second kappa shape index (κ2) is 13.8. The maximum absolute atomic E-state index is 13.3. The molecule has 0 radical (unpaired) electrons. The Balaban J connectivity index is 1.15. The molecule has 4 N–H and O–H groups in total. The van der Waals surface area contributed by atoms with Crippen molar-refractivity contribution in [1.82, 2.24) is 19.8 Å². The lowest BCUT2D eigenvalue weighted by molar-refractivity contribution is -0.116. The summed E-state index contributed by atoms with van der Waals surface area (Å²) in [5.41, 5.74) is 11.1. The number of rotatable bonds is 10. The second-order valence-corrected chi connectivity index (χ2v) is 12.9. The number of methoxy groups -OCH3 is 1. The Morgan fingerprint density at radius 1 is 1.15 bits per heavy atom. The molecular weight excluding hydrogens is 597 g/mol. The van der Waals surface area contributed by atoms with Crippen molar-refractivity contribution < 1.29 is 14.3 Å². The molecule has 3 aromatic heterocycles. The summed E-state index contributed by atoms with van der Waals surface area (Å²) < 4.78 is 8.52. The maximum atomic E-state index is 13.3. The number of piperidine rings is 1. The first-order valence-electron chi connectivity index (χ1n) is 15.7. The van der Waals surface area contributed by atoms with Crippen molar-refractivity contribution in [1.29, 1.82) is 0 Å². The zero-order valence-corrected chi connectivity index (χ0v) is 27.3. The van der Waals surface area contributed by atoms with Crippen LogP contribution in [0.3, 0.4) is 0 Å². The van der Waals surface area contributed by atoms with E-state index in [9.17, 15) is 9.59 Å². The van der Waals surface area contributed by atoms with Gasteiger partial charge in [0.05, 0.1) is 12.8 Å². The average molecular weight is 637 g/mol. The van der Waals surface area contributed by atoms with Gasteiger partial charge in [-0.05, 0) is 86.1 Å². The van der Waals surface area contributed by atoms with Crippen LogP contribution in [0.15, 0.2) is 66.2 Å². The molecule has 5 aromatic rings. The van der Waals surface area contributed by atoms with Crippen LogP contribution in [0.4, 0.5) is 11.5 Å². The van der Waals surface area contributed by atoms with Gasteiger partial charge in [-0.2, -0.15) is 0 Å². The van der Waals surface area contributed by atoms with Gasteiger partial charge in [0.2, 0.25) is 5.91 Å². The van der Waals surface area contributed by atoms with Crippen molar-refractivity contribution in [3.63, 3.8) is 0 Å². The van der Waals surface area contributed by atoms with Crippen LogP contribution in [0.25, 0.3) is 38.2 Å². The summed E-state index contributed by atoms with van der Waals surface area (Å²) in [6.07, 6.45) is 8.50. The van der Waals surface area contributed by atoms with E-state index in [0.717, 1.165) is 69.7 Å². The minimum atomic E-state index is -0.226. The highest BCUT2D eigenvalue weighted by Crippen LogP contribution is 2.41. The fourth-order valence-electron chi connectivity index (χ4n) is 6.10. The Kier molecular flexibility index (Phi) is 9.37. The summed E-state index contributed by atoms with van der Waals surface area (Å²) in [5, 5.41) is 9.86. The minimum absolute atomic E-state index is 0.125. The van der Waals surface area contributed by atoms with Crippen molar-refractivity contribution in [2.45, 2.75) is 26.2 Å². The van der Waals surface area contributed by atoms with Crippen LogP contribution in [0, 0.1) is 5.92 Å². The van der Waals surface area contributed by atoms with E-state index in [2.05, 4.69) is 27.4 Å². The Morgan fingerprint density at radius 2 is 1.96 bits per heavy atom. The van der Waals surface area contributed by atoms with Gasteiger partial charge in [-0.3, -0.25) is 9.59 Å². The highest BCUT2D eigenvalue weighted by atomic mass is 32.1. The fraction of sp³-hybridized carbons (Fsp3) is 0.306. The summed E-state index contributed by atoms with van der Waals surface area (Å²) in [7, 11) is 3.46. The van der Waals surface area contributed by atoms with E-state index in [1.54, 1.807) is 36.8 Å². The predicted octanol–water partition coefficient (Wildman–Crippen LogP) is 6.55. The van der Waals surface area contributed by atoms with E-state index < -0.39 is 0 Å². The zero-order valence-electron chi connectivity index (χ0n) is 26.5. The number of benzene rings is 2. The summed E-state index contributed by atoms with van der Waals surface area (Å²) in [4.78, 5) is 32.8. The largest absolute Gasteiger partial charge is 0.495 e. The number of carbonyl (C=O) groups excluding carboxylic acids is 2. The topological polar surface area (TPSA) is 115 Å². The molecule has 0 spiro atoms. The van der Waals surface area contributed by atoms with E-state index >= 15 is 0 Å². The van der Waals surface area contributed by atoms with Gasteiger partial charge in [-0.15, -0.1) is 11.3 Å². The van der Waals surface area contributed by atoms with Crippen molar-refractivity contribution >= 4 is 61.7 Å². The van der Waals surface area contributed by atoms with Crippen LogP contribution in [-0.4, -0.2) is 59.6 Å². The highest BCUT2D eigenvalue weighted by molar-refractivity contribution is 7.18. The van der Waals surface area contributed by atoms with Crippen molar-refractivity contribution in [3.05, 3.63) is 77.4 Å². The molecule has 1 saturated heterocycles. The number of nitrogens with zero attached hydrogens (tertiary/aromatic N) is 3. The van der Waals surface area contributed by atoms with Crippen LogP contribution < -0.4 is 21.1 Å². The first kappa shape index (κ1) is 31.3. The number of amides is 2. The first-order valence-corrected chi connectivity index (χ1v) is 16.6. The lowest BCUT2D eigenvalue weighted by atomic mass is 9.99. The lowest BCUT2D eigenvalue weighted by Crippen LogP contribution is -2.35. The molecule has 238 valence electrons. The molecule has 46 heavy (non-hydrogen) atoms. The number of nitrogens with one attached hydrogen (secondary N) is 2. The second-order valence-electron chi connectivity index (χ2n) is 12.0. The van der Waals surface area contributed by atoms with Crippen LogP contribution in [0.5, 0.6) is 5.75 Å². The number of fused-ring (bicyclic) bond motifs is 2. The Morgan fingerprint density at radius 3 is 2.74 bits per heavy atom. The number of aromatic nitrogens is 2. The number of likely N-dealkylation sites (tertiary alicyclic amines) is 1. The molecule has 1 aliphatic heterocycles. The fourth-order valence-corrected chi connectivity index (χ4v) is 7.18. The van der Waals surface area contributed by atoms with Crippen molar-refractivity contribution in [2.75, 3.05) is 44.3 Å². The number of hydrogen-bond acceptors (Lipinski definition) is 7. The quantitative estimate of drug-likeness (QED) is 0.118. The standard InChI is InChI=1S/C36H40N6O3S/c1-23-13-17-42(18-14-23)16-6-15-38-32(43)12-10-26-21-39-35(37)33-27(22-46-34(26)33)24-9-11-28(31(20-24)45-3)40-36(44)30-19-25-7-4-5-8-29(25)41(30)2/h4-5,7-12,19-23H,6,13-18H2,1-3H3,(H2,37,39)(H,38,43)(H,40,44). The van der Waals surface area contributed by atoms with Gasteiger partial charge in [0.25, 0.3) is 5.91 Å². The third-order valence-corrected chi connectivity index (χ3v) is 9.87. The number of aryl methyl sites for hydroxylation is 1. The summed E-state index contributed by atoms with van der Waals surface area (Å²) in [5.74, 6) is 1.40. The molecule has 0 aliphatic carbocycles. The number of nitrogens with two attached hydrogens (primary N) is 1. The molecule has 1 fully saturated rings. The predicted molar refractivity (Wildman–Crippen MR) is 188 cm³/mol. The Hall–Kier alpha value is -4.67. The average Bonchev–Trinajstić information content (AvgIpc) is 3.66. The van der Waals surface area contributed by atoms with Gasteiger partial charge >= 0.3 is 0 Å². The Labute approximate surface area is 273 Å². The van der Waals surface area contributed by atoms with Crippen molar-refractivity contribution in [2.24, 2.45) is 13.0 Å². The Bertz CT molecular complexity index is 1920. The molecule has 4 heterocycles. The molecule has 0 saturated carbocycles. The smallest absolute Gasteiger partial charge is 0.272 e. The number of nitrogen functional groups attached to an aromatic ring is 1. The lowest BCUT2D eigenvalue weighted by Gasteiger charge is -2.30. The van der Waals surface area contributed by atoms with E-state index in [1.165, 1.54) is 12.8 Å². The van der Waals surface area contributed by atoms with Crippen LogP contribution in [0.1, 0.15) is 42.2 Å². The molecule has 2 amide bonds. The molecule has 1 aliphatic rings. The minimum Gasteiger partial charge on any atom is -0.495 e. The number of carbonyl (C=O) groups is 2. The van der Waals surface area contributed by atoms with Gasteiger partial charge in [-0.25, -0.2) is 4.98 Å². The molecule has 6 rings (SSSR count). The van der Waals surface area contributed by atoms with Crippen LogP contribution in [-0.2, 0) is 11.8 Å². The van der Waals surface area contributed by atoms with Gasteiger partial charge in [0, 0.05) is 58.0 Å². The van der Waals surface area contributed by atoms with E-state index in [4.69, 9.17) is 10.5 Å². The van der Waals surface area contributed by atoms with Crippen LogP contribution in [0.2, 0.25) is 0 Å². The van der Waals surface area contributed by atoms with E-state index in [-0.39, 0.29) is 11.8 Å². The number of hydrogen-bond donors (Lipinski definition) is 3. The van der Waals surface area contributed by atoms with Crippen LogP contribution >= 0.6 is 11.3 Å². The summed E-state index contributed by atoms with van der Waals surface area (Å²) in [6.45, 7) is 6.28. The maximum Gasteiger partial charge on any atom is 0.272 e.